The van der Waals surface area contributed by atoms with Gasteiger partial charge in [-0.1, -0.05) is 35.3 Å². The Morgan fingerprint density at radius 2 is 1.60 bits per heavy atom. The van der Waals surface area contributed by atoms with Gasteiger partial charge in [0.05, 0.1) is 22.0 Å². The Morgan fingerprint density at radius 3 is 2.23 bits per heavy atom. The second-order valence-corrected chi connectivity index (χ2v) is 14.1. The summed E-state index contributed by atoms with van der Waals surface area (Å²) in [6.45, 7) is 4.33. The first kappa shape index (κ1) is 29.9. The predicted molar refractivity (Wildman–Crippen MR) is 151 cm³/mol. The van der Waals surface area contributed by atoms with Gasteiger partial charge in [0.1, 0.15) is 24.1 Å². The van der Waals surface area contributed by atoms with E-state index in [-0.39, 0.29) is 43.5 Å². The quantitative estimate of drug-likeness (QED) is 0.330. The van der Waals surface area contributed by atoms with Gasteiger partial charge in [-0.25, -0.2) is 13.2 Å². The normalized spacial score (nSPS) is 15.6. The summed E-state index contributed by atoms with van der Waals surface area (Å²) < 4.78 is 70.4. The number of nitrogens with zero attached hydrogens (tertiary/aromatic N) is 1. The summed E-state index contributed by atoms with van der Waals surface area (Å²) in [6, 6.07) is 15.6. The summed E-state index contributed by atoms with van der Waals surface area (Å²) in [6.07, 6.45) is -1.74. The number of amides is 1. The standard InChI is InChI=1S/C26H26Cl2N2O8S2/c1-26(2,3)38-25(31)29-19-10-11-24-23(14-19)30(39(32,33)21-8-4-6-17(27)12-21)15-20(37-24)16-36-40(34,35)22-9-5-7-18(28)13-22/h4-14,20H,15-16H2,1-3H3,(H,29,31)/t20-/m1/s1. The van der Waals surface area contributed by atoms with Crippen LogP contribution in [-0.4, -0.2) is 47.8 Å². The summed E-state index contributed by atoms with van der Waals surface area (Å²) in [5.41, 5.74) is -0.384. The van der Waals surface area contributed by atoms with Crippen LogP contribution in [0, 0.1) is 0 Å². The Kier molecular flexibility index (Phi) is 8.57. The van der Waals surface area contributed by atoms with E-state index in [1.54, 1.807) is 20.8 Å². The largest absolute Gasteiger partial charge is 0.484 e. The average Bonchev–Trinajstić information content (AvgIpc) is 2.86. The van der Waals surface area contributed by atoms with Gasteiger partial charge in [0.25, 0.3) is 20.1 Å². The van der Waals surface area contributed by atoms with E-state index in [0.717, 1.165) is 4.31 Å². The van der Waals surface area contributed by atoms with Gasteiger partial charge in [0, 0.05) is 15.7 Å². The molecule has 1 aliphatic rings. The number of hydrogen-bond acceptors (Lipinski definition) is 8. The number of hydrogen-bond donors (Lipinski definition) is 1. The van der Waals surface area contributed by atoms with Crippen LogP contribution < -0.4 is 14.4 Å². The number of fused-ring (bicyclic) bond motifs is 1. The summed E-state index contributed by atoms with van der Waals surface area (Å²) in [7, 11) is -8.43. The van der Waals surface area contributed by atoms with E-state index >= 15 is 0 Å². The minimum atomic E-state index is -4.22. The number of carbonyl (C=O) groups excluding carboxylic acids is 1. The molecule has 40 heavy (non-hydrogen) atoms. The van der Waals surface area contributed by atoms with E-state index in [9.17, 15) is 21.6 Å². The van der Waals surface area contributed by atoms with Crippen molar-refractivity contribution >= 4 is 60.8 Å². The Labute approximate surface area is 242 Å². The number of sulfonamides is 1. The third-order valence-electron chi connectivity index (χ3n) is 5.41. The van der Waals surface area contributed by atoms with Gasteiger partial charge in [-0.05, 0) is 75.4 Å². The van der Waals surface area contributed by atoms with Crippen LogP contribution >= 0.6 is 23.2 Å². The lowest BCUT2D eigenvalue weighted by atomic mass is 10.2. The first-order valence-electron chi connectivity index (χ1n) is 11.9. The van der Waals surface area contributed by atoms with E-state index < -0.39 is 44.5 Å². The monoisotopic (exact) mass is 628 g/mol. The Hall–Kier alpha value is -3.03. The lowest BCUT2D eigenvalue weighted by molar-refractivity contribution is 0.0636. The topological polar surface area (TPSA) is 128 Å². The molecule has 0 aliphatic carbocycles. The molecule has 14 heteroatoms. The fourth-order valence-corrected chi connectivity index (χ4v) is 6.77. The molecule has 0 bridgehead atoms. The zero-order chi connectivity index (χ0) is 29.3. The van der Waals surface area contributed by atoms with Crippen LogP contribution in [0.15, 0.2) is 76.5 Å². The summed E-state index contributed by atoms with van der Waals surface area (Å²) >= 11 is 12.0. The highest BCUT2D eigenvalue weighted by molar-refractivity contribution is 7.92. The van der Waals surface area contributed by atoms with Gasteiger partial charge in [-0.2, -0.15) is 8.42 Å². The number of rotatable bonds is 7. The fraction of sp³-hybridized carbons (Fsp3) is 0.269. The maximum atomic E-state index is 13.8. The summed E-state index contributed by atoms with van der Waals surface area (Å²) in [4.78, 5) is 12.1. The summed E-state index contributed by atoms with van der Waals surface area (Å²) in [5.74, 6) is 0.125. The van der Waals surface area contributed by atoms with Crippen molar-refractivity contribution < 1.29 is 35.3 Å². The highest BCUT2D eigenvalue weighted by Gasteiger charge is 2.36. The van der Waals surface area contributed by atoms with Crippen molar-refractivity contribution in [3.63, 3.8) is 0 Å². The molecule has 1 N–H and O–H groups in total. The molecule has 3 aromatic carbocycles. The zero-order valence-corrected chi connectivity index (χ0v) is 24.8. The minimum Gasteiger partial charge on any atom is -0.484 e. The molecule has 1 amide bonds. The van der Waals surface area contributed by atoms with Crippen molar-refractivity contribution in [3.05, 3.63) is 76.8 Å². The van der Waals surface area contributed by atoms with Crippen LogP contribution in [-0.2, 0) is 29.1 Å². The molecule has 0 radical (unpaired) electrons. The lowest BCUT2D eigenvalue weighted by Gasteiger charge is -2.35. The molecule has 0 unspecified atom stereocenters. The van der Waals surface area contributed by atoms with Crippen molar-refractivity contribution in [3.8, 4) is 5.75 Å². The molecule has 0 saturated carbocycles. The number of halogens is 2. The van der Waals surface area contributed by atoms with Gasteiger partial charge < -0.3 is 9.47 Å². The Bertz CT molecular complexity index is 1640. The van der Waals surface area contributed by atoms with Crippen molar-refractivity contribution in [2.24, 2.45) is 0 Å². The molecule has 1 heterocycles. The van der Waals surface area contributed by atoms with E-state index in [1.165, 1.54) is 66.7 Å². The third-order valence-corrected chi connectivity index (χ3v) is 8.94. The third kappa shape index (κ3) is 7.18. The zero-order valence-electron chi connectivity index (χ0n) is 21.6. The molecule has 0 aromatic heterocycles. The van der Waals surface area contributed by atoms with Crippen molar-refractivity contribution in [2.75, 3.05) is 22.8 Å². The second-order valence-electron chi connectivity index (χ2n) is 9.74. The first-order valence-corrected chi connectivity index (χ1v) is 15.5. The molecular formula is C26H26Cl2N2O8S2. The second kappa shape index (κ2) is 11.5. The van der Waals surface area contributed by atoms with Gasteiger partial charge in [-0.3, -0.25) is 13.8 Å². The first-order chi connectivity index (χ1) is 18.6. The van der Waals surface area contributed by atoms with Crippen LogP contribution in [0.2, 0.25) is 10.0 Å². The molecule has 0 spiro atoms. The molecular weight excluding hydrogens is 603 g/mol. The number of nitrogens with one attached hydrogen (secondary N) is 1. The molecule has 1 aliphatic heterocycles. The number of anilines is 2. The molecule has 3 aromatic rings. The van der Waals surface area contributed by atoms with Gasteiger partial charge in [0.15, 0.2) is 0 Å². The van der Waals surface area contributed by atoms with E-state index in [2.05, 4.69) is 5.32 Å². The van der Waals surface area contributed by atoms with Gasteiger partial charge in [0.2, 0.25) is 0 Å². The van der Waals surface area contributed by atoms with Crippen LogP contribution in [0.5, 0.6) is 5.75 Å². The lowest BCUT2D eigenvalue weighted by Crippen LogP contribution is -2.45. The van der Waals surface area contributed by atoms with Gasteiger partial charge in [-0.15, -0.1) is 0 Å². The van der Waals surface area contributed by atoms with Crippen molar-refractivity contribution in [1.29, 1.82) is 0 Å². The maximum Gasteiger partial charge on any atom is 0.412 e. The predicted octanol–water partition coefficient (Wildman–Crippen LogP) is 5.70. The Balaban J connectivity index is 1.66. The van der Waals surface area contributed by atoms with E-state index in [4.69, 9.17) is 36.9 Å². The highest BCUT2D eigenvalue weighted by Crippen LogP contribution is 2.39. The number of carbonyl (C=O) groups is 1. The average molecular weight is 630 g/mol. The molecule has 4 rings (SSSR count). The molecule has 0 saturated heterocycles. The van der Waals surface area contributed by atoms with Gasteiger partial charge >= 0.3 is 6.09 Å². The highest BCUT2D eigenvalue weighted by atomic mass is 35.5. The minimum absolute atomic E-state index is 0.0930. The number of ether oxygens (including phenoxy) is 2. The fourth-order valence-electron chi connectivity index (χ4n) is 3.74. The van der Waals surface area contributed by atoms with Crippen LogP contribution in [0.4, 0.5) is 16.2 Å². The van der Waals surface area contributed by atoms with Crippen LogP contribution in [0.1, 0.15) is 20.8 Å². The van der Waals surface area contributed by atoms with E-state index in [1.807, 2.05) is 0 Å². The number of benzene rings is 3. The van der Waals surface area contributed by atoms with Crippen LogP contribution in [0.3, 0.4) is 0 Å². The maximum absolute atomic E-state index is 13.8. The molecule has 214 valence electrons. The molecule has 1 atom stereocenters. The van der Waals surface area contributed by atoms with Crippen molar-refractivity contribution in [2.45, 2.75) is 42.3 Å². The summed E-state index contributed by atoms with van der Waals surface area (Å²) in [5, 5.41) is 3.00. The molecule has 10 nitrogen and oxygen atoms in total. The van der Waals surface area contributed by atoms with E-state index in [0.29, 0.717) is 0 Å². The van der Waals surface area contributed by atoms with Crippen LogP contribution in [0.25, 0.3) is 0 Å². The van der Waals surface area contributed by atoms with Crippen molar-refractivity contribution in [1.82, 2.24) is 0 Å². The Morgan fingerprint density at radius 1 is 0.975 bits per heavy atom. The SMILES string of the molecule is CC(C)(C)OC(=O)Nc1ccc2c(c1)N(S(=O)(=O)c1cccc(Cl)c1)C[C@H](COS(=O)(=O)c1cccc(Cl)c1)O2. The smallest absolute Gasteiger partial charge is 0.412 e. The molecule has 0 fully saturated rings.